The lowest BCUT2D eigenvalue weighted by Gasteiger charge is -2.14. The molecule has 4 aromatic rings. The monoisotopic (exact) mass is 467 g/mol. The van der Waals surface area contributed by atoms with Gasteiger partial charge in [0.1, 0.15) is 16.2 Å². The molecule has 0 fully saturated rings. The van der Waals surface area contributed by atoms with Gasteiger partial charge in [0.05, 0.1) is 37.7 Å². The molecule has 2 aromatic heterocycles. The first-order valence-corrected chi connectivity index (χ1v) is 11.6. The molecule has 2 aromatic carbocycles. The normalized spacial score (nSPS) is 10.8. The van der Waals surface area contributed by atoms with Crippen LogP contribution in [0.2, 0.25) is 0 Å². The number of rotatable bonds is 8. The Kier molecular flexibility index (Phi) is 6.77. The Bertz CT molecular complexity index is 1320. The zero-order valence-corrected chi connectivity index (χ0v) is 19.2. The highest BCUT2D eigenvalue weighted by molar-refractivity contribution is 7.99. The van der Waals surface area contributed by atoms with E-state index >= 15 is 0 Å². The quantitative estimate of drug-likeness (QED) is 0.308. The smallest absolute Gasteiger partial charge is 0.272 e. The zero-order valence-electron chi connectivity index (χ0n) is 17.5. The van der Waals surface area contributed by atoms with Crippen molar-refractivity contribution in [3.05, 3.63) is 75.9 Å². The Hall–Kier alpha value is -3.30. The number of carbonyl (C=O) groups is 1. The fraction of sp³-hybridized carbons (Fsp3) is 0.174. The summed E-state index contributed by atoms with van der Waals surface area (Å²) < 4.78 is 12.9. The fourth-order valence-corrected chi connectivity index (χ4v) is 4.82. The first-order chi connectivity index (χ1) is 15.6. The molecule has 32 heavy (non-hydrogen) atoms. The number of carbonyl (C=O) groups excluding carboxylic acids is 1. The molecule has 7 nitrogen and oxygen atoms in total. The van der Waals surface area contributed by atoms with E-state index in [9.17, 15) is 9.59 Å². The largest absolute Gasteiger partial charge is 0.496 e. The van der Waals surface area contributed by atoms with Crippen LogP contribution < -0.4 is 20.3 Å². The number of hydrogen-bond donors (Lipinski definition) is 1. The minimum absolute atomic E-state index is 0.0893. The van der Waals surface area contributed by atoms with Crippen molar-refractivity contribution in [3.8, 4) is 11.5 Å². The van der Waals surface area contributed by atoms with Gasteiger partial charge in [-0.2, -0.15) is 0 Å². The molecule has 0 radical (unpaired) electrons. The fourth-order valence-electron chi connectivity index (χ4n) is 3.24. The summed E-state index contributed by atoms with van der Waals surface area (Å²) in [5.41, 5.74) is 1.94. The van der Waals surface area contributed by atoms with Crippen LogP contribution in [-0.4, -0.2) is 35.4 Å². The third kappa shape index (κ3) is 4.63. The first-order valence-electron chi connectivity index (χ1n) is 9.76. The summed E-state index contributed by atoms with van der Waals surface area (Å²) in [6.07, 6.45) is 0. The molecular weight excluding hydrogens is 446 g/mol. The highest BCUT2D eigenvalue weighted by Gasteiger charge is 2.16. The van der Waals surface area contributed by atoms with Crippen molar-refractivity contribution in [2.75, 3.05) is 25.3 Å². The van der Waals surface area contributed by atoms with Crippen molar-refractivity contribution in [2.45, 2.75) is 11.7 Å². The molecule has 0 saturated carbocycles. The van der Waals surface area contributed by atoms with Gasteiger partial charge in [0.15, 0.2) is 5.16 Å². The zero-order chi connectivity index (χ0) is 22.5. The van der Waals surface area contributed by atoms with Crippen molar-refractivity contribution in [3.63, 3.8) is 0 Å². The Morgan fingerprint density at radius 3 is 2.56 bits per heavy atom. The summed E-state index contributed by atoms with van der Waals surface area (Å²) in [5.74, 6) is 1.14. The van der Waals surface area contributed by atoms with Crippen LogP contribution in [0.5, 0.6) is 11.5 Å². The minimum Gasteiger partial charge on any atom is -0.496 e. The lowest BCUT2D eigenvalue weighted by molar-refractivity contribution is -0.113. The third-order valence-electron chi connectivity index (χ3n) is 4.77. The summed E-state index contributed by atoms with van der Waals surface area (Å²) in [6, 6.07) is 16.6. The molecule has 0 unspecified atom stereocenters. The number of benzene rings is 2. The Morgan fingerprint density at radius 1 is 1.06 bits per heavy atom. The van der Waals surface area contributed by atoms with Crippen LogP contribution >= 0.6 is 23.1 Å². The molecule has 0 aliphatic carbocycles. The molecule has 1 N–H and O–H groups in total. The summed E-state index contributed by atoms with van der Waals surface area (Å²) in [6.45, 7) is 0.292. The molecule has 1 amide bonds. The maximum absolute atomic E-state index is 13.2. The lowest BCUT2D eigenvalue weighted by Crippen LogP contribution is -2.24. The SMILES string of the molecule is COc1ccccc1Cn1c(SCC(=O)Nc2ccccc2OC)nc2ccsc2c1=O. The number of para-hydroxylation sites is 3. The number of amides is 1. The van der Waals surface area contributed by atoms with Gasteiger partial charge in [-0.05, 0) is 29.6 Å². The van der Waals surface area contributed by atoms with Gasteiger partial charge in [0.2, 0.25) is 5.91 Å². The van der Waals surface area contributed by atoms with E-state index in [0.29, 0.717) is 39.1 Å². The van der Waals surface area contributed by atoms with Crippen molar-refractivity contribution < 1.29 is 14.3 Å². The summed E-state index contributed by atoms with van der Waals surface area (Å²) in [4.78, 5) is 30.4. The van der Waals surface area contributed by atoms with Gasteiger partial charge in [-0.1, -0.05) is 42.1 Å². The molecule has 0 saturated heterocycles. The minimum atomic E-state index is -0.219. The molecule has 164 valence electrons. The number of anilines is 1. The van der Waals surface area contributed by atoms with Crippen molar-refractivity contribution in [2.24, 2.45) is 0 Å². The van der Waals surface area contributed by atoms with E-state index in [4.69, 9.17) is 9.47 Å². The van der Waals surface area contributed by atoms with Crippen LogP contribution in [0.25, 0.3) is 10.2 Å². The van der Waals surface area contributed by atoms with E-state index < -0.39 is 0 Å². The number of methoxy groups -OCH3 is 2. The van der Waals surface area contributed by atoms with Crippen LogP contribution in [0.1, 0.15) is 5.56 Å². The van der Waals surface area contributed by atoms with E-state index in [-0.39, 0.29) is 17.2 Å². The molecule has 0 aliphatic heterocycles. The Balaban J connectivity index is 1.61. The first kappa shape index (κ1) is 21.9. The maximum Gasteiger partial charge on any atom is 0.272 e. The third-order valence-corrected chi connectivity index (χ3v) is 6.63. The number of ether oxygens (including phenoxy) is 2. The maximum atomic E-state index is 13.2. The van der Waals surface area contributed by atoms with Gasteiger partial charge in [0.25, 0.3) is 5.56 Å². The van der Waals surface area contributed by atoms with Crippen molar-refractivity contribution in [1.29, 1.82) is 0 Å². The lowest BCUT2D eigenvalue weighted by atomic mass is 10.2. The molecule has 9 heteroatoms. The van der Waals surface area contributed by atoms with Crippen LogP contribution in [0, 0.1) is 0 Å². The summed E-state index contributed by atoms with van der Waals surface area (Å²) in [5, 5.41) is 5.16. The van der Waals surface area contributed by atoms with Crippen molar-refractivity contribution in [1.82, 2.24) is 9.55 Å². The molecule has 4 rings (SSSR count). The van der Waals surface area contributed by atoms with Gasteiger partial charge in [-0.3, -0.25) is 14.2 Å². The number of thioether (sulfide) groups is 1. The number of hydrogen-bond acceptors (Lipinski definition) is 7. The number of nitrogens with one attached hydrogen (secondary N) is 1. The van der Waals surface area contributed by atoms with Crippen LogP contribution in [0.15, 0.2) is 69.9 Å². The van der Waals surface area contributed by atoms with E-state index in [1.54, 1.807) is 30.9 Å². The predicted molar refractivity (Wildman–Crippen MR) is 128 cm³/mol. The Morgan fingerprint density at radius 2 is 1.78 bits per heavy atom. The molecule has 2 heterocycles. The van der Waals surface area contributed by atoms with E-state index in [2.05, 4.69) is 10.3 Å². The number of fused-ring (bicyclic) bond motifs is 1. The topological polar surface area (TPSA) is 82.4 Å². The average molecular weight is 468 g/mol. The van der Waals surface area contributed by atoms with Gasteiger partial charge >= 0.3 is 0 Å². The average Bonchev–Trinajstić information content (AvgIpc) is 3.29. The predicted octanol–water partition coefficient (Wildman–Crippen LogP) is 4.25. The van der Waals surface area contributed by atoms with Gasteiger partial charge in [-0.15, -0.1) is 11.3 Å². The second kappa shape index (κ2) is 9.88. The number of thiophene rings is 1. The van der Waals surface area contributed by atoms with Gasteiger partial charge in [-0.25, -0.2) is 4.98 Å². The number of nitrogens with zero attached hydrogens (tertiary/aromatic N) is 2. The van der Waals surface area contributed by atoms with Crippen molar-refractivity contribution >= 4 is 44.9 Å². The van der Waals surface area contributed by atoms with Crippen LogP contribution in [0.3, 0.4) is 0 Å². The highest BCUT2D eigenvalue weighted by atomic mass is 32.2. The molecule has 0 bridgehead atoms. The van der Waals surface area contributed by atoms with Gasteiger partial charge in [0, 0.05) is 5.56 Å². The van der Waals surface area contributed by atoms with Gasteiger partial charge < -0.3 is 14.8 Å². The standard InChI is InChI=1S/C23H21N3O4S2/c1-29-18-9-5-3-7-15(18)13-26-22(28)21-17(11-12-31-21)25-23(26)32-14-20(27)24-16-8-4-6-10-19(16)30-2/h3-12H,13-14H2,1-2H3,(H,24,27). The molecular formula is C23H21N3O4S2. The number of aromatic nitrogens is 2. The van der Waals surface area contributed by atoms with Crippen LogP contribution in [-0.2, 0) is 11.3 Å². The van der Waals surface area contributed by atoms with E-state index in [1.165, 1.54) is 23.1 Å². The Labute approximate surface area is 193 Å². The second-order valence-electron chi connectivity index (χ2n) is 6.77. The molecule has 0 atom stereocenters. The summed E-state index contributed by atoms with van der Waals surface area (Å²) >= 11 is 2.57. The summed E-state index contributed by atoms with van der Waals surface area (Å²) in [7, 11) is 3.15. The van der Waals surface area contributed by atoms with Crippen LogP contribution in [0.4, 0.5) is 5.69 Å². The van der Waals surface area contributed by atoms with E-state index in [0.717, 1.165) is 5.56 Å². The molecule has 0 aliphatic rings. The highest BCUT2D eigenvalue weighted by Crippen LogP contribution is 2.26. The second-order valence-corrected chi connectivity index (χ2v) is 8.63. The van der Waals surface area contributed by atoms with E-state index in [1.807, 2.05) is 47.8 Å². The molecule has 0 spiro atoms.